The standard InChI is InChI=1S/C20H25NO2/c1-5-16-8-11-18(12-9-16)23-19(6-2)20(22)21-17-10-7-14(3)15(4)13-17/h7-13,19H,5-6H2,1-4H3,(H,21,22)/t19-/m0/s1. The Balaban J connectivity index is 2.03. The average Bonchev–Trinajstić information content (AvgIpc) is 2.56. The van der Waals surface area contributed by atoms with Crippen LogP contribution in [0, 0.1) is 13.8 Å². The molecule has 0 radical (unpaired) electrons. The van der Waals surface area contributed by atoms with E-state index in [2.05, 4.69) is 19.2 Å². The van der Waals surface area contributed by atoms with Gasteiger partial charge in [0.25, 0.3) is 5.91 Å². The molecule has 0 unspecified atom stereocenters. The van der Waals surface area contributed by atoms with Gasteiger partial charge in [0, 0.05) is 5.69 Å². The molecule has 0 bridgehead atoms. The molecule has 2 aromatic carbocycles. The molecule has 1 atom stereocenters. The zero-order valence-corrected chi connectivity index (χ0v) is 14.3. The highest BCUT2D eigenvalue weighted by Gasteiger charge is 2.18. The van der Waals surface area contributed by atoms with E-state index in [-0.39, 0.29) is 5.91 Å². The average molecular weight is 311 g/mol. The lowest BCUT2D eigenvalue weighted by atomic mass is 10.1. The van der Waals surface area contributed by atoms with E-state index >= 15 is 0 Å². The van der Waals surface area contributed by atoms with Crippen LogP contribution in [-0.2, 0) is 11.2 Å². The summed E-state index contributed by atoms with van der Waals surface area (Å²) in [5.41, 5.74) is 4.43. The van der Waals surface area contributed by atoms with Crippen molar-refractivity contribution >= 4 is 11.6 Å². The van der Waals surface area contributed by atoms with Gasteiger partial charge in [-0.3, -0.25) is 4.79 Å². The molecule has 3 nitrogen and oxygen atoms in total. The predicted octanol–water partition coefficient (Wildman–Crippen LogP) is 4.66. The molecule has 1 N–H and O–H groups in total. The molecule has 23 heavy (non-hydrogen) atoms. The molecule has 0 saturated carbocycles. The molecular formula is C20H25NO2. The second-order valence-electron chi connectivity index (χ2n) is 5.80. The van der Waals surface area contributed by atoms with Crippen molar-refractivity contribution in [1.29, 1.82) is 0 Å². The SMILES string of the molecule is CCc1ccc(O[C@@H](CC)C(=O)Nc2ccc(C)c(C)c2)cc1. The first-order valence-corrected chi connectivity index (χ1v) is 8.17. The van der Waals surface area contributed by atoms with Gasteiger partial charge in [-0.05, 0) is 67.6 Å². The van der Waals surface area contributed by atoms with Crippen molar-refractivity contribution in [2.75, 3.05) is 5.32 Å². The summed E-state index contributed by atoms with van der Waals surface area (Å²) in [6.07, 6.45) is 1.11. The molecule has 0 saturated heterocycles. The first-order chi connectivity index (χ1) is 11.0. The lowest BCUT2D eigenvalue weighted by molar-refractivity contribution is -0.122. The van der Waals surface area contributed by atoms with Gasteiger partial charge < -0.3 is 10.1 Å². The lowest BCUT2D eigenvalue weighted by Crippen LogP contribution is -2.32. The first kappa shape index (κ1) is 17.1. The number of ether oxygens (including phenoxy) is 1. The summed E-state index contributed by atoms with van der Waals surface area (Å²) < 4.78 is 5.84. The molecule has 1 amide bonds. The fourth-order valence-corrected chi connectivity index (χ4v) is 2.33. The Labute approximate surface area is 138 Å². The molecule has 0 fully saturated rings. The molecule has 0 spiro atoms. The summed E-state index contributed by atoms with van der Waals surface area (Å²) in [6, 6.07) is 13.8. The topological polar surface area (TPSA) is 38.3 Å². The summed E-state index contributed by atoms with van der Waals surface area (Å²) >= 11 is 0. The Morgan fingerprint density at radius 2 is 1.74 bits per heavy atom. The Morgan fingerprint density at radius 3 is 2.30 bits per heavy atom. The van der Waals surface area contributed by atoms with Crippen molar-refractivity contribution in [1.82, 2.24) is 0 Å². The van der Waals surface area contributed by atoms with Gasteiger partial charge >= 0.3 is 0 Å². The largest absolute Gasteiger partial charge is 0.481 e. The highest BCUT2D eigenvalue weighted by atomic mass is 16.5. The quantitative estimate of drug-likeness (QED) is 0.842. The van der Waals surface area contributed by atoms with Crippen LogP contribution in [0.15, 0.2) is 42.5 Å². The van der Waals surface area contributed by atoms with Crippen LogP contribution >= 0.6 is 0 Å². The van der Waals surface area contributed by atoms with E-state index < -0.39 is 6.10 Å². The molecule has 122 valence electrons. The van der Waals surface area contributed by atoms with Gasteiger partial charge in [0.15, 0.2) is 6.10 Å². The smallest absolute Gasteiger partial charge is 0.265 e. The number of anilines is 1. The number of benzene rings is 2. The van der Waals surface area contributed by atoms with Gasteiger partial charge in [-0.2, -0.15) is 0 Å². The Kier molecular flexibility index (Phi) is 5.80. The molecule has 2 aromatic rings. The predicted molar refractivity (Wildman–Crippen MR) is 95.1 cm³/mol. The van der Waals surface area contributed by atoms with Crippen LogP contribution in [0.2, 0.25) is 0 Å². The highest BCUT2D eigenvalue weighted by Crippen LogP contribution is 2.18. The van der Waals surface area contributed by atoms with Gasteiger partial charge in [-0.1, -0.05) is 32.0 Å². The number of carbonyl (C=O) groups excluding carboxylic acids is 1. The third-order valence-corrected chi connectivity index (χ3v) is 4.05. The van der Waals surface area contributed by atoms with Gasteiger partial charge in [0.2, 0.25) is 0 Å². The van der Waals surface area contributed by atoms with E-state index in [4.69, 9.17) is 4.74 Å². The van der Waals surface area contributed by atoms with Crippen molar-refractivity contribution in [3.63, 3.8) is 0 Å². The molecule has 0 aromatic heterocycles. The van der Waals surface area contributed by atoms with Gasteiger partial charge in [-0.15, -0.1) is 0 Å². The fourth-order valence-electron chi connectivity index (χ4n) is 2.33. The van der Waals surface area contributed by atoms with E-state index in [1.807, 2.05) is 56.3 Å². The van der Waals surface area contributed by atoms with Crippen molar-refractivity contribution in [3.05, 3.63) is 59.2 Å². The summed E-state index contributed by atoms with van der Waals surface area (Å²) in [5.74, 6) is 0.611. The maximum absolute atomic E-state index is 12.4. The van der Waals surface area contributed by atoms with Crippen molar-refractivity contribution in [2.45, 2.75) is 46.6 Å². The van der Waals surface area contributed by atoms with E-state index in [1.165, 1.54) is 11.1 Å². The van der Waals surface area contributed by atoms with Crippen LogP contribution in [0.4, 0.5) is 5.69 Å². The van der Waals surface area contributed by atoms with Gasteiger partial charge in [0.1, 0.15) is 5.75 Å². The second-order valence-corrected chi connectivity index (χ2v) is 5.80. The first-order valence-electron chi connectivity index (χ1n) is 8.17. The summed E-state index contributed by atoms with van der Waals surface area (Å²) in [7, 11) is 0. The van der Waals surface area contributed by atoms with E-state index in [1.54, 1.807) is 0 Å². The monoisotopic (exact) mass is 311 g/mol. The van der Waals surface area contributed by atoms with Crippen molar-refractivity contribution < 1.29 is 9.53 Å². The van der Waals surface area contributed by atoms with E-state index in [0.29, 0.717) is 6.42 Å². The van der Waals surface area contributed by atoms with Gasteiger partial charge in [0.05, 0.1) is 0 Å². The maximum Gasteiger partial charge on any atom is 0.265 e. The molecule has 0 aliphatic heterocycles. The second kappa shape index (κ2) is 7.82. The normalized spacial score (nSPS) is 11.8. The van der Waals surface area contributed by atoms with E-state index in [9.17, 15) is 4.79 Å². The van der Waals surface area contributed by atoms with Crippen molar-refractivity contribution in [3.8, 4) is 5.75 Å². The van der Waals surface area contributed by atoms with Crippen LogP contribution in [0.5, 0.6) is 5.75 Å². The van der Waals surface area contributed by atoms with Crippen LogP contribution in [0.1, 0.15) is 37.0 Å². The molecule has 3 heteroatoms. The minimum Gasteiger partial charge on any atom is -0.481 e. The summed E-state index contributed by atoms with van der Waals surface area (Å²) in [5, 5.41) is 2.94. The summed E-state index contributed by atoms with van der Waals surface area (Å²) in [4.78, 5) is 12.4. The Morgan fingerprint density at radius 1 is 1.04 bits per heavy atom. The third kappa shape index (κ3) is 4.59. The minimum atomic E-state index is -0.496. The number of carbonyl (C=O) groups is 1. The molecule has 0 heterocycles. The lowest BCUT2D eigenvalue weighted by Gasteiger charge is -2.18. The van der Waals surface area contributed by atoms with Crippen LogP contribution in [-0.4, -0.2) is 12.0 Å². The number of hydrogen-bond acceptors (Lipinski definition) is 2. The number of amides is 1. The van der Waals surface area contributed by atoms with Crippen LogP contribution in [0.3, 0.4) is 0 Å². The van der Waals surface area contributed by atoms with E-state index in [0.717, 1.165) is 23.4 Å². The van der Waals surface area contributed by atoms with Crippen molar-refractivity contribution in [2.24, 2.45) is 0 Å². The summed E-state index contributed by atoms with van der Waals surface area (Å²) in [6.45, 7) is 8.15. The van der Waals surface area contributed by atoms with Gasteiger partial charge in [-0.25, -0.2) is 0 Å². The highest BCUT2D eigenvalue weighted by molar-refractivity contribution is 5.94. The number of rotatable bonds is 6. The van der Waals surface area contributed by atoms with Crippen LogP contribution < -0.4 is 10.1 Å². The van der Waals surface area contributed by atoms with Crippen LogP contribution in [0.25, 0.3) is 0 Å². The third-order valence-electron chi connectivity index (χ3n) is 4.05. The zero-order valence-electron chi connectivity index (χ0n) is 14.3. The molecule has 2 rings (SSSR count). The Bertz CT molecular complexity index is 662. The minimum absolute atomic E-state index is 0.115. The molecular weight excluding hydrogens is 286 g/mol. The zero-order chi connectivity index (χ0) is 16.8. The molecule has 0 aliphatic carbocycles. The fraction of sp³-hybridized carbons (Fsp3) is 0.350. The number of hydrogen-bond donors (Lipinski definition) is 1. The number of aryl methyl sites for hydroxylation is 3. The number of nitrogens with one attached hydrogen (secondary N) is 1. The molecule has 0 aliphatic rings. The Hall–Kier alpha value is -2.29. The maximum atomic E-state index is 12.4.